The Hall–Kier alpha value is -1.23. The third-order valence-corrected chi connectivity index (χ3v) is 2.60. The zero-order chi connectivity index (χ0) is 10.8. The smallest absolute Gasteiger partial charge is 0.410 e. The van der Waals surface area contributed by atoms with E-state index in [4.69, 9.17) is 20.9 Å². The number of hydrogen-bond acceptors (Lipinski definition) is 4. The molecule has 0 radical (unpaired) electrons. The first kappa shape index (κ1) is 10.3. The lowest BCUT2D eigenvalue weighted by Crippen LogP contribution is -2.36. The molecule has 5 nitrogen and oxygen atoms in total. The number of aromatic nitrogens is 1. The van der Waals surface area contributed by atoms with Crippen LogP contribution >= 0.6 is 11.6 Å². The summed E-state index contributed by atoms with van der Waals surface area (Å²) in [5.74, 6) is 0.764. The van der Waals surface area contributed by atoms with E-state index >= 15 is 0 Å². The Labute approximate surface area is 91.9 Å². The van der Waals surface area contributed by atoms with Crippen molar-refractivity contribution >= 4 is 17.7 Å². The predicted octanol–water partition coefficient (Wildman–Crippen LogP) is 1.84. The van der Waals surface area contributed by atoms with Gasteiger partial charge in [0, 0.05) is 13.0 Å². The molecule has 0 atom stereocenters. The minimum absolute atomic E-state index is 0.319. The van der Waals surface area contributed by atoms with E-state index in [1.807, 2.05) is 0 Å². The lowest BCUT2D eigenvalue weighted by atomic mass is 10.1. The highest BCUT2D eigenvalue weighted by molar-refractivity contribution is 6.30. The van der Waals surface area contributed by atoms with Crippen LogP contribution in [0.15, 0.2) is 4.52 Å². The predicted molar refractivity (Wildman–Crippen MR) is 52.6 cm³/mol. The lowest BCUT2D eigenvalue weighted by Gasteiger charge is -2.24. The van der Waals surface area contributed by atoms with Crippen LogP contribution in [0.2, 0.25) is 5.15 Å². The van der Waals surface area contributed by atoms with Crippen LogP contribution in [0.4, 0.5) is 4.79 Å². The Balaban J connectivity index is 2.11. The molecule has 0 spiro atoms. The molecule has 0 bridgehead atoms. The first-order valence-corrected chi connectivity index (χ1v) is 5.14. The van der Waals surface area contributed by atoms with Gasteiger partial charge in [0.1, 0.15) is 5.76 Å². The molecule has 15 heavy (non-hydrogen) atoms. The number of rotatable bonds is 1. The van der Waals surface area contributed by atoms with Gasteiger partial charge in [-0.15, -0.1) is 0 Å². The van der Waals surface area contributed by atoms with Crippen LogP contribution in [0, 0.1) is 0 Å². The standard InChI is InChI=1S/C9H11ClN2O3/c1-2-14-9(13)12-4-3-7-6(5-12)8(10)11-15-7/h2-5H2,1H3. The van der Waals surface area contributed by atoms with Gasteiger partial charge in [0.2, 0.25) is 0 Å². The fourth-order valence-corrected chi connectivity index (χ4v) is 1.75. The molecule has 1 aliphatic rings. The third-order valence-electron chi connectivity index (χ3n) is 2.31. The summed E-state index contributed by atoms with van der Waals surface area (Å²) in [6.07, 6.45) is 0.314. The molecule has 0 N–H and O–H groups in total. The molecule has 1 aliphatic heterocycles. The second kappa shape index (κ2) is 4.10. The van der Waals surface area contributed by atoms with E-state index < -0.39 is 0 Å². The van der Waals surface area contributed by atoms with Gasteiger partial charge < -0.3 is 14.2 Å². The van der Waals surface area contributed by atoms with Crippen molar-refractivity contribution in [3.63, 3.8) is 0 Å². The Morgan fingerprint density at radius 3 is 3.27 bits per heavy atom. The summed E-state index contributed by atoms with van der Waals surface area (Å²) in [4.78, 5) is 13.0. The Kier molecular flexibility index (Phi) is 2.81. The maximum atomic E-state index is 11.5. The molecule has 2 rings (SSSR count). The molecule has 0 saturated carbocycles. The Morgan fingerprint density at radius 1 is 1.73 bits per heavy atom. The number of halogens is 1. The van der Waals surface area contributed by atoms with E-state index in [0.29, 0.717) is 31.3 Å². The van der Waals surface area contributed by atoms with E-state index in [0.717, 1.165) is 11.3 Å². The van der Waals surface area contributed by atoms with Crippen LogP contribution in [0.1, 0.15) is 18.2 Å². The second-order valence-electron chi connectivity index (χ2n) is 3.25. The van der Waals surface area contributed by atoms with Crippen molar-refractivity contribution in [2.45, 2.75) is 19.9 Å². The average Bonchev–Trinajstić information content (AvgIpc) is 2.60. The maximum absolute atomic E-state index is 11.5. The number of carbonyl (C=O) groups is 1. The van der Waals surface area contributed by atoms with E-state index in [2.05, 4.69) is 5.16 Å². The van der Waals surface area contributed by atoms with Gasteiger partial charge in [-0.3, -0.25) is 0 Å². The molecule has 0 unspecified atom stereocenters. The molecular weight excluding hydrogens is 220 g/mol. The zero-order valence-electron chi connectivity index (χ0n) is 8.33. The summed E-state index contributed by atoms with van der Waals surface area (Å²) >= 11 is 5.82. The third kappa shape index (κ3) is 1.92. The van der Waals surface area contributed by atoms with E-state index in [1.54, 1.807) is 11.8 Å². The second-order valence-corrected chi connectivity index (χ2v) is 3.60. The van der Waals surface area contributed by atoms with Crippen LogP contribution < -0.4 is 0 Å². The van der Waals surface area contributed by atoms with Gasteiger partial charge in [0.25, 0.3) is 0 Å². The molecule has 1 aromatic rings. The minimum Gasteiger partial charge on any atom is -0.450 e. The van der Waals surface area contributed by atoms with Crippen LogP contribution in [-0.2, 0) is 17.7 Å². The van der Waals surface area contributed by atoms with Crippen molar-refractivity contribution in [3.8, 4) is 0 Å². The van der Waals surface area contributed by atoms with Crippen molar-refractivity contribution in [2.75, 3.05) is 13.2 Å². The first-order chi connectivity index (χ1) is 7.22. The van der Waals surface area contributed by atoms with E-state index in [1.165, 1.54) is 0 Å². The highest BCUT2D eigenvalue weighted by Crippen LogP contribution is 2.25. The lowest BCUT2D eigenvalue weighted by molar-refractivity contribution is 0.101. The highest BCUT2D eigenvalue weighted by atomic mass is 35.5. The molecule has 0 aliphatic carbocycles. The first-order valence-electron chi connectivity index (χ1n) is 4.77. The molecule has 2 heterocycles. The van der Waals surface area contributed by atoms with Crippen LogP contribution in [0.3, 0.4) is 0 Å². The SMILES string of the molecule is CCOC(=O)N1CCc2onc(Cl)c2C1. The number of ether oxygens (including phenoxy) is 1. The van der Waals surface area contributed by atoms with Crippen molar-refractivity contribution < 1.29 is 14.1 Å². The number of carbonyl (C=O) groups excluding carboxylic acids is 1. The molecule has 0 saturated heterocycles. The van der Waals surface area contributed by atoms with Crippen LogP contribution in [-0.4, -0.2) is 29.3 Å². The largest absolute Gasteiger partial charge is 0.450 e. The summed E-state index contributed by atoms with van der Waals surface area (Å²) in [5.41, 5.74) is 0.788. The molecule has 0 aromatic carbocycles. The zero-order valence-corrected chi connectivity index (χ0v) is 9.08. The molecule has 6 heteroatoms. The number of hydrogen-bond donors (Lipinski definition) is 0. The molecule has 0 fully saturated rings. The van der Waals surface area contributed by atoms with Gasteiger partial charge in [-0.05, 0) is 6.92 Å². The average molecular weight is 231 g/mol. The van der Waals surface area contributed by atoms with E-state index in [9.17, 15) is 4.79 Å². The molecule has 82 valence electrons. The number of amides is 1. The molecular formula is C9H11ClN2O3. The van der Waals surface area contributed by atoms with Gasteiger partial charge in [-0.2, -0.15) is 0 Å². The topological polar surface area (TPSA) is 55.6 Å². The minimum atomic E-state index is -0.319. The molecule has 1 amide bonds. The quantitative estimate of drug-likeness (QED) is 0.739. The summed E-state index contributed by atoms with van der Waals surface area (Å²) in [5, 5.41) is 3.98. The number of nitrogens with zero attached hydrogens (tertiary/aromatic N) is 2. The maximum Gasteiger partial charge on any atom is 0.410 e. The van der Waals surface area contributed by atoms with Crippen LogP contribution in [0.25, 0.3) is 0 Å². The van der Waals surface area contributed by atoms with Gasteiger partial charge in [-0.25, -0.2) is 4.79 Å². The van der Waals surface area contributed by atoms with Crippen LogP contribution in [0.5, 0.6) is 0 Å². The highest BCUT2D eigenvalue weighted by Gasteiger charge is 2.26. The normalized spacial score (nSPS) is 14.9. The van der Waals surface area contributed by atoms with Crippen molar-refractivity contribution in [1.29, 1.82) is 0 Å². The van der Waals surface area contributed by atoms with Gasteiger partial charge in [0.05, 0.1) is 18.7 Å². The summed E-state index contributed by atoms with van der Waals surface area (Å²) in [7, 11) is 0. The fraction of sp³-hybridized carbons (Fsp3) is 0.556. The van der Waals surface area contributed by atoms with Gasteiger partial charge >= 0.3 is 6.09 Å². The Morgan fingerprint density at radius 2 is 2.53 bits per heavy atom. The fourth-order valence-electron chi connectivity index (χ4n) is 1.55. The Bertz CT molecular complexity index is 377. The van der Waals surface area contributed by atoms with Crippen molar-refractivity contribution in [1.82, 2.24) is 10.1 Å². The van der Waals surface area contributed by atoms with Crippen molar-refractivity contribution in [2.24, 2.45) is 0 Å². The summed E-state index contributed by atoms with van der Waals surface area (Å²) < 4.78 is 9.92. The van der Waals surface area contributed by atoms with Gasteiger partial charge in [0.15, 0.2) is 5.15 Å². The number of fused-ring (bicyclic) bond motifs is 1. The monoisotopic (exact) mass is 230 g/mol. The van der Waals surface area contributed by atoms with E-state index in [-0.39, 0.29) is 6.09 Å². The van der Waals surface area contributed by atoms with Crippen molar-refractivity contribution in [3.05, 3.63) is 16.5 Å². The summed E-state index contributed by atoms with van der Waals surface area (Å²) in [6.45, 7) is 3.15. The molecule has 1 aromatic heterocycles. The van der Waals surface area contributed by atoms with Gasteiger partial charge in [-0.1, -0.05) is 16.8 Å². The summed E-state index contributed by atoms with van der Waals surface area (Å²) in [6, 6.07) is 0.